The van der Waals surface area contributed by atoms with Gasteiger partial charge < -0.3 is 25.4 Å². The summed E-state index contributed by atoms with van der Waals surface area (Å²) in [6.07, 6.45) is 0.186. The summed E-state index contributed by atoms with van der Waals surface area (Å²) >= 11 is 0. The first-order valence-electron chi connectivity index (χ1n) is 8.65. The topological polar surface area (TPSA) is 93.9 Å². The Morgan fingerprint density at radius 2 is 1.81 bits per heavy atom. The minimum absolute atomic E-state index is 0.0374. The Balaban J connectivity index is 1.63. The van der Waals surface area contributed by atoms with E-state index in [0.29, 0.717) is 30.2 Å². The van der Waals surface area contributed by atoms with Crippen LogP contribution in [0.5, 0.6) is 11.5 Å². The van der Waals surface area contributed by atoms with Crippen LogP contribution in [0.4, 0.5) is 11.4 Å². The summed E-state index contributed by atoms with van der Waals surface area (Å²) < 4.78 is 10.3. The molecular formula is C20H23N3O4. The number of carbonyl (C=O) groups is 2. The smallest absolute Gasteiger partial charge is 0.229 e. The quantitative estimate of drug-likeness (QED) is 0.762. The van der Waals surface area contributed by atoms with Crippen LogP contribution in [0.25, 0.3) is 0 Å². The van der Waals surface area contributed by atoms with Gasteiger partial charge in [-0.1, -0.05) is 12.1 Å². The predicted molar refractivity (Wildman–Crippen MR) is 103 cm³/mol. The Labute approximate surface area is 158 Å². The van der Waals surface area contributed by atoms with Gasteiger partial charge in [-0.15, -0.1) is 0 Å². The maximum absolute atomic E-state index is 12.6. The third-order valence-electron chi connectivity index (χ3n) is 4.64. The molecule has 0 aromatic heterocycles. The molecule has 0 bridgehead atoms. The number of nitrogen functional groups attached to an aromatic ring is 1. The van der Waals surface area contributed by atoms with Crippen molar-refractivity contribution in [3.63, 3.8) is 0 Å². The number of likely N-dealkylation sites (tertiary alicyclic amines) is 1. The van der Waals surface area contributed by atoms with Crippen molar-refractivity contribution in [3.8, 4) is 11.5 Å². The number of rotatable bonds is 6. The lowest BCUT2D eigenvalue weighted by molar-refractivity contribution is -0.128. The van der Waals surface area contributed by atoms with E-state index in [1.807, 2.05) is 24.3 Å². The van der Waals surface area contributed by atoms with Gasteiger partial charge in [0.2, 0.25) is 11.8 Å². The fraction of sp³-hybridized carbons (Fsp3) is 0.300. The van der Waals surface area contributed by atoms with Crippen LogP contribution in [0, 0.1) is 5.92 Å². The average molecular weight is 369 g/mol. The van der Waals surface area contributed by atoms with Crippen molar-refractivity contribution in [2.24, 2.45) is 5.92 Å². The molecule has 1 saturated heterocycles. The van der Waals surface area contributed by atoms with E-state index >= 15 is 0 Å². The lowest BCUT2D eigenvalue weighted by Crippen LogP contribution is -2.28. The van der Waals surface area contributed by atoms with Gasteiger partial charge in [0.15, 0.2) is 0 Å². The minimum Gasteiger partial charge on any atom is -0.497 e. The highest BCUT2D eigenvalue weighted by Gasteiger charge is 2.34. The van der Waals surface area contributed by atoms with Gasteiger partial charge in [-0.25, -0.2) is 0 Å². The third-order valence-corrected chi connectivity index (χ3v) is 4.64. The summed E-state index contributed by atoms with van der Waals surface area (Å²) in [5.41, 5.74) is 7.84. The molecule has 142 valence electrons. The molecule has 7 nitrogen and oxygen atoms in total. The number of hydrogen-bond donors (Lipinski definition) is 2. The normalized spacial score (nSPS) is 16.3. The number of ether oxygens (including phenoxy) is 2. The summed E-state index contributed by atoms with van der Waals surface area (Å²) in [4.78, 5) is 26.6. The van der Waals surface area contributed by atoms with E-state index in [-0.39, 0.29) is 18.2 Å². The molecule has 2 aromatic rings. The molecular weight excluding hydrogens is 346 g/mol. The van der Waals surface area contributed by atoms with Crippen molar-refractivity contribution >= 4 is 23.2 Å². The van der Waals surface area contributed by atoms with Crippen molar-refractivity contribution in [1.82, 2.24) is 4.90 Å². The molecule has 1 heterocycles. The standard InChI is InChI=1S/C20H23N3O4/c1-26-15-5-3-13(4-6-15)11-23-12-14(9-19(23)24)20(25)22-18-10-16(27-2)7-8-17(18)21/h3-8,10,14H,9,11-12,21H2,1-2H3,(H,22,25). The van der Waals surface area contributed by atoms with Crippen LogP contribution in [-0.2, 0) is 16.1 Å². The second-order valence-electron chi connectivity index (χ2n) is 6.47. The first-order valence-corrected chi connectivity index (χ1v) is 8.65. The molecule has 1 atom stereocenters. The summed E-state index contributed by atoms with van der Waals surface area (Å²) in [6.45, 7) is 0.842. The Morgan fingerprint density at radius 1 is 1.15 bits per heavy atom. The molecule has 7 heteroatoms. The maximum atomic E-state index is 12.6. The number of anilines is 2. The predicted octanol–water partition coefficient (Wildman–Crippen LogP) is 2.27. The van der Waals surface area contributed by atoms with Crippen LogP contribution in [0.2, 0.25) is 0 Å². The van der Waals surface area contributed by atoms with Crippen LogP contribution in [-0.4, -0.2) is 37.5 Å². The fourth-order valence-electron chi connectivity index (χ4n) is 3.06. The summed E-state index contributed by atoms with van der Waals surface area (Å²) in [5.74, 6) is 0.689. The number of amides is 2. The SMILES string of the molecule is COc1ccc(CN2CC(C(=O)Nc3cc(OC)ccc3N)CC2=O)cc1. The van der Waals surface area contributed by atoms with Gasteiger partial charge in [0.25, 0.3) is 0 Å². The summed E-state index contributed by atoms with van der Waals surface area (Å²) in [5, 5.41) is 2.81. The van der Waals surface area contributed by atoms with Gasteiger partial charge in [0.1, 0.15) is 11.5 Å². The number of carbonyl (C=O) groups excluding carboxylic acids is 2. The van der Waals surface area contributed by atoms with Gasteiger partial charge >= 0.3 is 0 Å². The summed E-state index contributed by atoms with van der Waals surface area (Å²) in [7, 11) is 3.15. The zero-order chi connectivity index (χ0) is 19.4. The number of nitrogens with one attached hydrogen (secondary N) is 1. The van der Waals surface area contributed by atoms with Gasteiger partial charge in [0, 0.05) is 25.6 Å². The zero-order valence-corrected chi connectivity index (χ0v) is 15.4. The first-order chi connectivity index (χ1) is 13.0. The average Bonchev–Trinajstić information content (AvgIpc) is 3.04. The number of nitrogens with two attached hydrogens (primary N) is 1. The second-order valence-corrected chi connectivity index (χ2v) is 6.47. The maximum Gasteiger partial charge on any atom is 0.229 e. The number of hydrogen-bond acceptors (Lipinski definition) is 5. The van der Waals surface area contributed by atoms with Crippen LogP contribution >= 0.6 is 0 Å². The van der Waals surface area contributed by atoms with E-state index in [1.54, 1.807) is 37.3 Å². The molecule has 3 N–H and O–H groups in total. The monoisotopic (exact) mass is 369 g/mol. The van der Waals surface area contributed by atoms with Gasteiger partial charge in [-0.3, -0.25) is 9.59 Å². The van der Waals surface area contributed by atoms with Crippen LogP contribution in [0.3, 0.4) is 0 Å². The van der Waals surface area contributed by atoms with Crippen LogP contribution < -0.4 is 20.5 Å². The Hall–Kier alpha value is -3.22. The van der Waals surface area contributed by atoms with Crippen molar-refractivity contribution in [2.45, 2.75) is 13.0 Å². The van der Waals surface area contributed by atoms with Crippen molar-refractivity contribution in [3.05, 3.63) is 48.0 Å². The number of nitrogens with zero attached hydrogens (tertiary/aromatic N) is 1. The molecule has 3 rings (SSSR count). The second kappa shape index (κ2) is 7.99. The van der Waals surface area contributed by atoms with E-state index in [0.717, 1.165) is 11.3 Å². The molecule has 0 aliphatic carbocycles. The molecule has 1 aliphatic rings. The molecule has 0 radical (unpaired) electrons. The fourth-order valence-corrected chi connectivity index (χ4v) is 3.06. The van der Waals surface area contributed by atoms with Crippen LogP contribution in [0.1, 0.15) is 12.0 Å². The van der Waals surface area contributed by atoms with Gasteiger partial charge in [0.05, 0.1) is 31.5 Å². The molecule has 1 unspecified atom stereocenters. The molecule has 1 aliphatic heterocycles. The van der Waals surface area contributed by atoms with E-state index < -0.39 is 5.92 Å². The number of benzene rings is 2. The van der Waals surface area contributed by atoms with Gasteiger partial charge in [-0.2, -0.15) is 0 Å². The largest absolute Gasteiger partial charge is 0.497 e. The van der Waals surface area contributed by atoms with Crippen molar-refractivity contribution in [2.75, 3.05) is 31.8 Å². The lowest BCUT2D eigenvalue weighted by Gasteiger charge is -2.17. The highest BCUT2D eigenvalue weighted by atomic mass is 16.5. The molecule has 2 aromatic carbocycles. The van der Waals surface area contributed by atoms with E-state index in [9.17, 15) is 9.59 Å². The Kier molecular flexibility index (Phi) is 5.49. The lowest BCUT2D eigenvalue weighted by atomic mass is 10.1. The van der Waals surface area contributed by atoms with Gasteiger partial charge in [-0.05, 0) is 29.8 Å². The van der Waals surface area contributed by atoms with Crippen molar-refractivity contribution < 1.29 is 19.1 Å². The molecule has 0 saturated carbocycles. The first kappa shape index (κ1) is 18.6. The Bertz CT molecular complexity index is 836. The zero-order valence-electron chi connectivity index (χ0n) is 15.4. The highest BCUT2D eigenvalue weighted by molar-refractivity contribution is 5.99. The number of methoxy groups -OCH3 is 2. The highest BCUT2D eigenvalue weighted by Crippen LogP contribution is 2.27. The van der Waals surface area contributed by atoms with E-state index in [2.05, 4.69) is 5.32 Å². The molecule has 1 fully saturated rings. The van der Waals surface area contributed by atoms with Crippen molar-refractivity contribution in [1.29, 1.82) is 0 Å². The molecule has 0 spiro atoms. The molecule has 2 amide bonds. The molecule has 27 heavy (non-hydrogen) atoms. The van der Waals surface area contributed by atoms with E-state index in [4.69, 9.17) is 15.2 Å². The summed E-state index contributed by atoms with van der Waals surface area (Å²) in [6, 6.07) is 12.6. The Morgan fingerprint density at radius 3 is 2.48 bits per heavy atom. The minimum atomic E-state index is -0.415. The van der Waals surface area contributed by atoms with Crippen LogP contribution in [0.15, 0.2) is 42.5 Å². The van der Waals surface area contributed by atoms with E-state index in [1.165, 1.54) is 0 Å². The third kappa shape index (κ3) is 4.31.